The number of nitroso groups, excluding NO2 is 1. The van der Waals surface area contributed by atoms with Crippen molar-refractivity contribution in [3.8, 4) is 5.75 Å². The van der Waals surface area contributed by atoms with Gasteiger partial charge in [0.25, 0.3) is 0 Å². The molecule has 0 atom stereocenters. The molecule has 4 nitrogen and oxygen atoms in total. The number of phenols is 1. The lowest BCUT2D eigenvalue weighted by Crippen LogP contribution is -1.69. The normalized spacial score (nSPS) is 11.0. The van der Waals surface area contributed by atoms with Crippen LogP contribution < -0.4 is 0 Å². The molecule has 78 valence electrons. The number of aromatic hydroxyl groups is 1. The Labute approximate surface area is 90.1 Å². The quantitative estimate of drug-likeness (QED) is 0.627. The van der Waals surface area contributed by atoms with Gasteiger partial charge in [-0.2, -0.15) is 0 Å². The van der Waals surface area contributed by atoms with Crippen LogP contribution in [0.5, 0.6) is 5.75 Å². The minimum Gasteiger partial charge on any atom is -0.505 e. The number of benzene rings is 2. The molecule has 1 aromatic heterocycles. The van der Waals surface area contributed by atoms with Crippen LogP contribution in [0.25, 0.3) is 21.9 Å². The Balaban J connectivity index is 2.58. The molecule has 0 aliphatic carbocycles. The molecule has 0 amide bonds. The van der Waals surface area contributed by atoms with Gasteiger partial charge >= 0.3 is 0 Å². The first kappa shape index (κ1) is 8.91. The smallest absolute Gasteiger partial charge is 0.192 e. The first-order valence-electron chi connectivity index (χ1n) is 4.78. The van der Waals surface area contributed by atoms with Crippen LogP contribution in [0.15, 0.2) is 46.0 Å². The van der Waals surface area contributed by atoms with E-state index in [2.05, 4.69) is 5.18 Å². The second-order valence-electron chi connectivity index (χ2n) is 3.50. The summed E-state index contributed by atoms with van der Waals surface area (Å²) in [5.74, 6) is -0.165. The Morgan fingerprint density at radius 1 is 1.06 bits per heavy atom. The highest BCUT2D eigenvalue weighted by molar-refractivity contribution is 6.09. The van der Waals surface area contributed by atoms with Crippen LogP contribution in [0.4, 0.5) is 5.69 Å². The Morgan fingerprint density at radius 2 is 1.88 bits per heavy atom. The highest BCUT2D eigenvalue weighted by Gasteiger charge is 2.14. The lowest BCUT2D eigenvalue weighted by atomic mass is 10.1. The molecule has 0 saturated heterocycles. The molecular weight excluding hydrogens is 206 g/mol. The molecule has 3 aromatic rings. The Morgan fingerprint density at radius 3 is 2.69 bits per heavy atom. The highest BCUT2D eigenvalue weighted by Crippen LogP contribution is 2.39. The van der Waals surface area contributed by atoms with E-state index in [0.717, 1.165) is 10.8 Å². The number of rotatable bonds is 1. The number of phenolic OH excluding ortho intramolecular Hbond substituents is 1. The van der Waals surface area contributed by atoms with Crippen LogP contribution in [-0.4, -0.2) is 5.11 Å². The fraction of sp³-hybridized carbons (Fsp3) is 0. The number of furan rings is 1. The number of hydrogen-bond acceptors (Lipinski definition) is 4. The second-order valence-corrected chi connectivity index (χ2v) is 3.50. The predicted molar refractivity (Wildman–Crippen MR) is 60.8 cm³/mol. The van der Waals surface area contributed by atoms with E-state index in [1.807, 2.05) is 18.2 Å². The molecule has 2 aromatic carbocycles. The lowest BCUT2D eigenvalue weighted by molar-refractivity contribution is 0.476. The SMILES string of the molecule is O=Nc1c(O)ccc2c1oc1ccccc12. The predicted octanol–water partition coefficient (Wildman–Crippen LogP) is 3.69. The summed E-state index contributed by atoms with van der Waals surface area (Å²) in [6, 6.07) is 10.6. The van der Waals surface area contributed by atoms with Gasteiger partial charge in [-0.1, -0.05) is 18.2 Å². The van der Waals surface area contributed by atoms with Crippen molar-refractivity contribution in [2.45, 2.75) is 0 Å². The zero-order valence-corrected chi connectivity index (χ0v) is 8.18. The van der Waals surface area contributed by atoms with E-state index in [1.165, 1.54) is 6.07 Å². The first-order valence-corrected chi connectivity index (χ1v) is 4.78. The van der Waals surface area contributed by atoms with E-state index in [0.29, 0.717) is 11.2 Å². The Bertz CT molecular complexity index is 700. The van der Waals surface area contributed by atoms with Gasteiger partial charge in [-0.3, -0.25) is 0 Å². The maximum absolute atomic E-state index is 10.6. The number of nitrogens with zero attached hydrogens (tertiary/aromatic N) is 1. The van der Waals surface area contributed by atoms with Crippen molar-refractivity contribution in [3.05, 3.63) is 41.3 Å². The summed E-state index contributed by atoms with van der Waals surface area (Å²) >= 11 is 0. The zero-order chi connectivity index (χ0) is 11.1. The van der Waals surface area contributed by atoms with Crippen molar-refractivity contribution < 1.29 is 9.52 Å². The summed E-state index contributed by atoms with van der Waals surface area (Å²) in [6.07, 6.45) is 0. The van der Waals surface area contributed by atoms with E-state index in [1.54, 1.807) is 12.1 Å². The molecular formula is C12H7NO3. The minimum absolute atomic E-state index is 0.0475. The van der Waals surface area contributed by atoms with Crippen molar-refractivity contribution in [2.24, 2.45) is 5.18 Å². The highest BCUT2D eigenvalue weighted by atomic mass is 16.3. The average Bonchev–Trinajstić information content (AvgIpc) is 2.67. The molecule has 0 bridgehead atoms. The Hall–Kier alpha value is -2.36. The summed E-state index contributed by atoms with van der Waals surface area (Å²) in [6.45, 7) is 0. The van der Waals surface area contributed by atoms with E-state index >= 15 is 0 Å². The molecule has 3 rings (SSSR count). The van der Waals surface area contributed by atoms with Crippen molar-refractivity contribution in [2.75, 3.05) is 0 Å². The monoisotopic (exact) mass is 213 g/mol. The molecule has 0 spiro atoms. The summed E-state index contributed by atoms with van der Waals surface area (Å²) < 4.78 is 5.50. The topological polar surface area (TPSA) is 62.8 Å². The molecule has 0 aliphatic rings. The third kappa shape index (κ3) is 1.04. The van der Waals surface area contributed by atoms with Gasteiger partial charge < -0.3 is 9.52 Å². The van der Waals surface area contributed by atoms with Gasteiger partial charge in [0.15, 0.2) is 11.3 Å². The molecule has 0 aliphatic heterocycles. The third-order valence-electron chi connectivity index (χ3n) is 2.59. The van der Waals surface area contributed by atoms with Gasteiger partial charge in [0, 0.05) is 10.8 Å². The molecule has 0 radical (unpaired) electrons. The molecule has 0 saturated carbocycles. The number of fused-ring (bicyclic) bond motifs is 3. The zero-order valence-electron chi connectivity index (χ0n) is 8.18. The summed E-state index contributed by atoms with van der Waals surface area (Å²) in [5, 5.41) is 14.0. The van der Waals surface area contributed by atoms with Gasteiger partial charge in [0.1, 0.15) is 11.3 Å². The molecule has 4 heteroatoms. The average molecular weight is 213 g/mol. The van der Waals surface area contributed by atoms with Crippen LogP contribution >= 0.6 is 0 Å². The third-order valence-corrected chi connectivity index (χ3v) is 2.59. The van der Waals surface area contributed by atoms with Crippen molar-refractivity contribution in [1.82, 2.24) is 0 Å². The van der Waals surface area contributed by atoms with Crippen molar-refractivity contribution in [1.29, 1.82) is 0 Å². The molecule has 0 unspecified atom stereocenters. The van der Waals surface area contributed by atoms with Crippen molar-refractivity contribution >= 4 is 27.6 Å². The molecule has 1 heterocycles. The fourth-order valence-electron chi connectivity index (χ4n) is 1.85. The lowest BCUT2D eigenvalue weighted by Gasteiger charge is -1.95. The Kier molecular flexibility index (Phi) is 1.71. The molecule has 0 fully saturated rings. The molecule has 1 N–H and O–H groups in total. The van der Waals surface area contributed by atoms with E-state index in [4.69, 9.17) is 4.42 Å². The van der Waals surface area contributed by atoms with Gasteiger partial charge in [0.2, 0.25) is 0 Å². The van der Waals surface area contributed by atoms with Gasteiger partial charge in [0.05, 0.1) is 0 Å². The maximum Gasteiger partial charge on any atom is 0.192 e. The number of para-hydroxylation sites is 1. The molecule has 16 heavy (non-hydrogen) atoms. The van der Waals surface area contributed by atoms with E-state index in [9.17, 15) is 10.0 Å². The summed E-state index contributed by atoms with van der Waals surface area (Å²) in [4.78, 5) is 10.6. The van der Waals surface area contributed by atoms with Crippen LogP contribution in [0.3, 0.4) is 0 Å². The van der Waals surface area contributed by atoms with Crippen LogP contribution in [0.1, 0.15) is 0 Å². The van der Waals surface area contributed by atoms with Gasteiger partial charge in [-0.25, -0.2) is 0 Å². The summed E-state index contributed by atoms with van der Waals surface area (Å²) in [7, 11) is 0. The number of hydrogen-bond donors (Lipinski definition) is 1. The fourth-order valence-corrected chi connectivity index (χ4v) is 1.85. The van der Waals surface area contributed by atoms with E-state index in [-0.39, 0.29) is 11.4 Å². The van der Waals surface area contributed by atoms with Crippen molar-refractivity contribution in [3.63, 3.8) is 0 Å². The standard InChI is InChI=1S/C12H7NO3/c14-9-6-5-8-7-3-1-2-4-10(7)16-12(8)11(9)13-15/h1-6,14H. The van der Waals surface area contributed by atoms with Gasteiger partial charge in [-0.05, 0) is 23.4 Å². The summed E-state index contributed by atoms with van der Waals surface area (Å²) in [5.41, 5.74) is 0.956. The first-order chi connectivity index (χ1) is 7.81. The van der Waals surface area contributed by atoms with Crippen LogP contribution in [0, 0.1) is 4.91 Å². The minimum atomic E-state index is -0.165. The van der Waals surface area contributed by atoms with Crippen LogP contribution in [0.2, 0.25) is 0 Å². The van der Waals surface area contributed by atoms with Crippen LogP contribution in [-0.2, 0) is 0 Å². The largest absolute Gasteiger partial charge is 0.505 e. The maximum atomic E-state index is 10.6. The van der Waals surface area contributed by atoms with Gasteiger partial charge in [-0.15, -0.1) is 4.91 Å². The second kappa shape index (κ2) is 3.06. The van der Waals surface area contributed by atoms with E-state index < -0.39 is 0 Å².